The van der Waals surface area contributed by atoms with Crippen LogP contribution in [0.3, 0.4) is 0 Å². The second-order valence-electron chi connectivity index (χ2n) is 7.30. The van der Waals surface area contributed by atoms with Crippen molar-refractivity contribution in [3.8, 4) is 5.75 Å². The number of halogens is 1. The van der Waals surface area contributed by atoms with Gasteiger partial charge in [-0.3, -0.25) is 9.69 Å². The van der Waals surface area contributed by atoms with Crippen LogP contribution >= 0.6 is 0 Å². The van der Waals surface area contributed by atoms with Crippen molar-refractivity contribution >= 4 is 17.0 Å². The number of pyridine rings is 1. The summed E-state index contributed by atoms with van der Waals surface area (Å²) in [6, 6.07) is 6.80. The first-order valence-electron chi connectivity index (χ1n) is 9.54. The molecule has 1 amide bonds. The summed E-state index contributed by atoms with van der Waals surface area (Å²) in [4.78, 5) is 21.5. The Morgan fingerprint density at radius 3 is 2.66 bits per heavy atom. The lowest BCUT2D eigenvalue weighted by Gasteiger charge is -2.35. The van der Waals surface area contributed by atoms with Crippen molar-refractivity contribution < 1.29 is 18.4 Å². The fourth-order valence-electron chi connectivity index (χ4n) is 3.73. The number of aromatic nitrogens is 2. The Morgan fingerprint density at radius 2 is 1.97 bits per heavy atom. The lowest BCUT2D eigenvalue weighted by molar-refractivity contribution is 0.0630. The van der Waals surface area contributed by atoms with Gasteiger partial charge in [0, 0.05) is 38.4 Å². The van der Waals surface area contributed by atoms with Gasteiger partial charge in [-0.15, -0.1) is 0 Å². The smallest absolute Gasteiger partial charge is 0.258 e. The molecular weight excluding hydrogens is 375 g/mol. The number of amides is 1. The van der Waals surface area contributed by atoms with Crippen LogP contribution in [0.1, 0.15) is 27.3 Å². The van der Waals surface area contributed by atoms with Gasteiger partial charge in [-0.05, 0) is 37.6 Å². The second kappa shape index (κ2) is 7.79. The molecule has 0 spiro atoms. The summed E-state index contributed by atoms with van der Waals surface area (Å²) in [7, 11) is 1.45. The van der Waals surface area contributed by atoms with E-state index in [1.165, 1.54) is 13.2 Å². The number of piperazine rings is 1. The highest BCUT2D eigenvalue weighted by Crippen LogP contribution is 2.24. The van der Waals surface area contributed by atoms with E-state index in [0.717, 1.165) is 24.3 Å². The molecule has 0 unspecified atom stereocenters. The fourth-order valence-corrected chi connectivity index (χ4v) is 3.73. The number of methoxy groups -OCH3 is 1. The number of rotatable bonds is 4. The van der Waals surface area contributed by atoms with E-state index in [0.29, 0.717) is 42.0 Å². The number of hydrogen-bond donors (Lipinski definition) is 0. The zero-order chi connectivity index (χ0) is 20.5. The average molecular weight is 398 g/mol. The summed E-state index contributed by atoms with van der Waals surface area (Å²) in [5.74, 6) is -0.158. The van der Waals surface area contributed by atoms with Gasteiger partial charge in [0.15, 0.2) is 11.6 Å². The summed E-state index contributed by atoms with van der Waals surface area (Å²) < 4.78 is 24.1. The standard InChI is InChI=1S/C21H23FN4O3/c1-13-10-16(19-14(2)24-29-20(19)23-13)21(27)26-8-6-25(7-9-26)12-15-4-5-18(28-3)17(22)11-15/h4-5,10-11H,6-9,12H2,1-3H3. The second-order valence-corrected chi connectivity index (χ2v) is 7.30. The van der Waals surface area contributed by atoms with Crippen LogP contribution in [0.2, 0.25) is 0 Å². The molecule has 7 nitrogen and oxygen atoms in total. The van der Waals surface area contributed by atoms with Crippen LogP contribution < -0.4 is 4.74 Å². The zero-order valence-electron chi connectivity index (χ0n) is 16.7. The summed E-state index contributed by atoms with van der Waals surface area (Å²) in [5.41, 5.74) is 3.24. The van der Waals surface area contributed by atoms with Gasteiger partial charge in [0.05, 0.1) is 23.8 Å². The Kier molecular flexibility index (Phi) is 5.19. The molecule has 0 atom stereocenters. The third kappa shape index (κ3) is 3.80. The van der Waals surface area contributed by atoms with Gasteiger partial charge in [0.25, 0.3) is 11.6 Å². The van der Waals surface area contributed by atoms with Crippen molar-refractivity contribution in [1.29, 1.82) is 0 Å². The molecule has 2 aromatic heterocycles. The Balaban J connectivity index is 1.44. The van der Waals surface area contributed by atoms with Crippen molar-refractivity contribution in [2.45, 2.75) is 20.4 Å². The zero-order valence-corrected chi connectivity index (χ0v) is 16.7. The molecule has 1 aliphatic rings. The summed E-state index contributed by atoms with van der Waals surface area (Å²) in [6.07, 6.45) is 0. The topological polar surface area (TPSA) is 71.7 Å². The van der Waals surface area contributed by atoms with Gasteiger partial charge in [-0.2, -0.15) is 0 Å². The van der Waals surface area contributed by atoms with Crippen molar-refractivity contribution in [1.82, 2.24) is 19.9 Å². The molecule has 1 aromatic carbocycles. The lowest BCUT2D eigenvalue weighted by Crippen LogP contribution is -2.48. The van der Waals surface area contributed by atoms with Crippen LogP contribution in [0.4, 0.5) is 4.39 Å². The molecule has 1 saturated heterocycles. The number of nitrogens with zero attached hydrogens (tertiary/aromatic N) is 4. The third-order valence-corrected chi connectivity index (χ3v) is 5.26. The molecule has 0 radical (unpaired) electrons. The molecule has 0 bridgehead atoms. The van der Waals surface area contributed by atoms with E-state index in [4.69, 9.17) is 9.26 Å². The van der Waals surface area contributed by atoms with Gasteiger partial charge < -0.3 is 14.2 Å². The number of aryl methyl sites for hydroxylation is 2. The van der Waals surface area contributed by atoms with Crippen molar-refractivity contribution in [2.24, 2.45) is 0 Å². The van der Waals surface area contributed by atoms with Crippen LogP contribution in [0, 0.1) is 19.7 Å². The maximum Gasteiger partial charge on any atom is 0.258 e. The van der Waals surface area contributed by atoms with E-state index in [1.807, 2.05) is 24.8 Å². The Hall–Kier alpha value is -3.00. The van der Waals surface area contributed by atoms with Crippen molar-refractivity contribution in [3.63, 3.8) is 0 Å². The van der Waals surface area contributed by atoms with E-state index < -0.39 is 0 Å². The van der Waals surface area contributed by atoms with E-state index in [1.54, 1.807) is 12.1 Å². The molecule has 4 rings (SSSR count). The molecule has 0 saturated carbocycles. The highest BCUT2D eigenvalue weighted by Gasteiger charge is 2.26. The van der Waals surface area contributed by atoms with Gasteiger partial charge in [0.2, 0.25) is 0 Å². The maximum absolute atomic E-state index is 13.9. The molecular formula is C21H23FN4O3. The molecule has 29 heavy (non-hydrogen) atoms. The molecule has 3 aromatic rings. The Labute approximate surface area is 168 Å². The first kappa shape index (κ1) is 19.3. The van der Waals surface area contributed by atoms with E-state index >= 15 is 0 Å². The highest BCUT2D eigenvalue weighted by molar-refractivity contribution is 6.06. The fraction of sp³-hybridized carbons (Fsp3) is 0.381. The molecule has 3 heterocycles. The summed E-state index contributed by atoms with van der Waals surface area (Å²) in [5, 5.41) is 4.62. The molecule has 0 aliphatic carbocycles. The maximum atomic E-state index is 13.9. The number of carbonyl (C=O) groups is 1. The molecule has 0 N–H and O–H groups in total. The van der Waals surface area contributed by atoms with Gasteiger partial charge in [0.1, 0.15) is 0 Å². The van der Waals surface area contributed by atoms with Gasteiger partial charge in [-0.25, -0.2) is 9.37 Å². The predicted molar refractivity (Wildman–Crippen MR) is 105 cm³/mol. The van der Waals surface area contributed by atoms with E-state index in [-0.39, 0.29) is 17.5 Å². The highest BCUT2D eigenvalue weighted by atomic mass is 19.1. The number of fused-ring (bicyclic) bond motifs is 1. The number of carbonyl (C=O) groups excluding carboxylic acids is 1. The number of benzene rings is 1. The third-order valence-electron chi connectivity index (χ3n) is 5.26. The minimum absolute atomic E-state index is 0.0399. The minimum Gasteiger partial charge on any atom is -0.494 e. The van der Waals surface area contributed by atoms with Crippen LogP contribution in [-0.2, 0) is 6.54 Å². The quantitative estimate of drug-likeness (QED) is 0.673. The number of hydrogen-bond acceptors (Lipinski definition) is 6. The first-order valence-corrected chi connectivity index (χ1v) is 9.54. The first-order chi connectivity index (χ1) is 14.0. The average Bonchev–Trinajstić information content (AvgIpc) is 3.08. The van der Waals surface area contributed by atoms with Crippen LogP contribution in [0.15, 0.2) is 28.8 Å². The Bertz CT molecular complexity index is 1060. The summed E-state index contributed by atoms with van der Waals surface area (Å²) in [6.45, 7) is 6.91. The van der Waals surface area contributed by atoms with Crippen LogP contribution in [-0.4, -0.2) is 59.1 Å². The monoisotopic (exact) mass is 398 g/mol. The Morgan fingerprint density at radius 1 is 1.21 bits per heavy atom. The summed E-state index contributed by atoms with van der Waals surface area (Å²) >= 11 is 0. The predicted octanol–water partition coefficient (Wildman–Crippen LogP) is 2.95. The normalized spacial score (nSPS) is 15.1. The largest absolute Gasteiger partial charge is 0.494 e. The minimum atomic E-state index is -0.361. The lowest BCUT2D eigenvalue weighted by atomic mass is 10.1. The van der Waals surface area contributed by atoms with E-state index in [2.05, 4.69) is 15.0 Å². The van der Waals surface area contributed by atoms with Crippen molar-refractivity contribution in [3.05, 3.63) is 52.6 Å². The number of ether oxygens (including phenoxy) is 1. The van der Waals surface area contributed by atoms with E-state index in [9.17, 15) is 9.18 Å². The molecule has 1 fully saturated rings. The van der Waals surface area contributed by atoms with Gasteiger partial charge in [-0.1, -0.05) is 11.2 Å². The van der Waals surface area contributed by atoms with Crippen LogP contribution in [0.25, 0.3) is 11.1 Å². The molecule has 8 heteroatoms. The molecule has 152 valence electrons. The van der Waals surface area contributed by atoms with Gasteiger partial charge >= 0.3 is 0 Å². The van der Waals surface area contributed by atoms with Crippen molar-refractivity contribution in [2.75, 3.05) is 33.3 Å². The van der Waals surface area contributed by atoms with Crippen LogP contribution in [0.5, 0.6) is 5.75 Å². The SMILES string of the molecule is COc1ccc(CN2CCN(C(=O)c3cc(C)nc4onc(C)c34)CC2)cc1F. The molecule has 1 aliphatic heterocycles.